The third kappa shape index (κ3) is 0.688. The molecule has 4 aliphatic carbocycles. The number of rotatable bonds is 0. The summed E-state index contributed by atoms with van der Waals surface area (Å²) in [6.07, 6.45) is 5.65. The largest absolute Gasteiger partial charge is 0.0990 e. The smallest absolute Gasteiger partial charge is 0.000973 e. The Labute approximate surface area is 74.4 Å². The Balaban J connectivity index is 2.03. The molecule has 0 aromatic rings. The Kier molecular flexibility index (Phi) is 1.18. The van der Waals surface area contributed by atoms with Gasteiger partial charge in [0.15, 0.2) is 0 Å². The van der Waals surface area contributed by atoms with Crippen LogP contribution in [0.3, 0.4) is 0 Å². The molecule has 2 atom stereocenters. The molecule has 4 aliphatic rings. The Morgan fingerprint density at radius 1 is 0.833 bits per heavy atom. The van der Waals surface area contributed by atoms with Gasteiger partial charge in [-0.3, -0.25) is 0 Å². The van der Waals surface area contributed by atoms with Crippen LogP contribution in [0.4, 0.5) is 0 Å². The van der Waals surface area contributed by atoms with E-state index in [1.54, 1.807) is 0 Å². The molecule has 0 saturated heterocycles. The van der Waals surface area contributed by atoms with Crippen LogP contribution in [-0.4, -0.2) is 0 Å². The van der Waals surface area contributed by atoms with Gasteiger partial charge in [-0.2, -0.15) is 0 Å². The van der Waals surface area contributed by atoms with Crippen LogP contribution >= 0.6 is 0 Å². The van der Waals surface area contributed by atoms with Crippen molar-refractivity contribution in [1.29, 1.82) is 0 Å². The van der Waals surface area contributed by atoms with E-state index in [1.807, 2.05) is 0 Å². The van der Waals surface area contributed by atoms with Gasteiger partial charge in [0.2, 0.25) is 0 Å². The quantitative estimate of drug-likeness (QED) is 0.477. The van der Waals surface area contributed by atoms with E-state index in [2.05, 4.69) is 13.2 Å². The van der Waals surface area contributed by atoms with Gasteiger partial charge in [0.1, 0.15) is 0 Å². The maximum Gasteiger partial charge on any atom is 0.000973 e. The summed E-state index contributed by atoms with van der Waals surface area (Å²) in [7, 11) is 0. The van der Waals surface area contributed by atoms with Gasteiger partial charge >= 0.3 is 0 Å². The van der Waals surface area contributed by atoms with Crippen LogP contribution in [0.25, 0.3) is 0 Å². The highest BCUT2D eigenvalue weighted by atomic mass is 14.5. The summed E-state index contributed by atoms with van der Waals surface area (Å²) in [5.74, 6) is 3.49. The minimum absolute atomic E-state index is 0.723. The van der Waals surface area contributed by atoms with Crippen LogP contribution in [0.2, 0.25) is 0 Å². The van der Waals surface area contributed by atoms with Crippen LogP contribution in [0, 0.1) is 23.7 Å². The van der Waals surface area contributed by atoms with Crippen molar-refractivity contribution >= 4 is 0 Å². The van der Waals surface area contributed by atoms with Gasteiger partial charge in [0.05, 0.1) is 0 Å². The van der Waals surface area contributed by atoms with Crippen molar-refractivity contribution in [3.8, 4) is 0 Å². The van der Waals surface area contributed by atoms with Gasteiger partial charge in [-0.25, -0.2) is 0 Å². The summed E-state index contributed by atoms with van der Waals surface area (Å²) >= 11 is 0. The molecule has 0 amide bonds. The Hall–Kier alpha value is -0.520. The normalized spacial score (nSPS) is 50.3. The van der Waals surface area contributed by atoms with Crippen LogP contribution < -0.4 is 0 Å². The molecule has 0 radical (unpaired) electrons. The average Bonchev–Trinajstić information content (AvgIpc) is 2.07. The zero-order valence-electron chi connectivity index (χ0n) is 7.55. The lowest BCUT2D eigenvalue weighted by Gasteiger charge is -2.52. The van der Waals surface area contributed by atoms with Crippen molar-refractivity contribution < 1.29 is 0 Å². The van der Waals surface area contributed by atoms with Gasteiger partial charge < -0.3 is 0 Å². The lowest BCUT2D eigenvalue weighted by Crippen LogP contribution is -2.41. The zero-order chi connectivity index (χ0) is 8.29. The summed E-state index contributed by atoms with van der Waals surface area (Å²) in [6, 6.07) is 0. The molecule has 0 heterocycles. The van der Waals surface area contributed by atoms with Crippen LogP contribution in [0.5, 0.6) is 0 Å². The SMILES string of the molecule is C=C1C2CC3CC(C2)C(=C)C1C3. The van der Waals surface area contributed by atoms with E-state index in [0.717, 1.165) is 23.7 Å². The van der Waals surface area contributed by atoms with Crippen molar-refractivity contribution in [2.75, 3.05) is 0 Å². The van der Waals surface area contributed by atoms with Gasteiger partial charge in [-0.05, 0) is 43.4 Å². The second kappa shape index (κ2) is 2.04. The predicted molar refractivity (Wildman–Crippen MR) is 50.7 cm³/mol. The molecular formula is C12H16. The first-order valence-corrected chi connectivity index (χ1v) is 5.13. The topological polar surface area (TPSA) is 0 Å². The van der Waals surface area contributed by atoms with Gasteiger partial charge in [-0.1, -0.05) is 24.3 Å². The van der Waals surface area contributed by atoms with Crippen molar-refractivity contribution in [3.05, 3.63) is 24.3 Å². The fourth-order valence-corrected chi connectivity index (χ4v) is 3.68. The molecule has 4 saturated carbocycles. The predicted octanol–water partition coefficient (Wildman–Crippen LogP) is 3.16. The molecule has 0 aromatic carbocycles. The summed E-state index contributed by atoms with van der Waals surface area (Å²) in [6.45, 7) is 8.49. The first-order valence-electron chi connectivity index (χ1n) is 5.13. The van der Waals surface area contributed by atoms with Crippen molar-refractivity contribution in [3.63, 3.8) is 0 Å². The molecule has 0 heteroatoms. The summed E-state index contributed by atoms with van der Waals surface area (Å²) in [5, 5.41) is 0. The monoisotopic (exact) mass is 160 g/mol. The van der Waals surface area contributed by atoms with E-state index in [1.165, 1.54) is 36.8 Å². The lowest BCUT2D eigenvalue weighted by atomic mass is 9.53. The minimum atomic E-state index is 0.723. The van der Waals surface area contributed by atoms with Crippen LogP contribution in [-0.2, 0) is 0 Å². The van der Waals surface area contributed by atoms with Crippen molar-refractivity contribution in [2.45, 2.75) is 25.7 Å². The first-order chi connectivity index (χ1) is 5.75. The zero-order valence-corrected chi connectivity index (χ0v) is 7.55. The number of hydrogen-bond acceptors (Lipinski definition) is 0. The molecule has 64 valence electrons. The maximum absolute atomic E-state index is 4.24. The molecule has 0 N–H and O–H groups in total. The third-order valence-corrected chi connectivity index (χ3v) is 4.32. The maximum atomic E-state index is 4.24. The fraction of sp³-hybridized carbons (Fsp3) is 0.667. The molecule has 2 unspecified atom stereocenters. The Bertz CT molecular complexity index is 237. The molecule has 4 bridgehead atoms. The van der Waals surface area contributed by atoms with E-state index >= 15 is 0 Å². The van der Waals surface area contributed by atoms with E-state index < -0.39 is 0 Å². The molecular weight excluding hydrogens is 144 g/mol. The highest BCUT2D eigenvalue weighted by Crippen LogP contribution is 2.57. The number of allylic oxidation sites excluding steroid dienone is 2. The van der Waals surface area contributed by atoms with E-state index in [0.29, 0.717) is 0 Å². The molecule has 0 nitrogen and oxygen atoms in total. The molecule has 0 spiro atoms. The van der Waals surface area contributed by atoms with Crippen LogP contribution in [0.15, 0.2) is 24.3 Å². The van der Waals surface area contributed by atoms with E-state index in [-0.39, 0.29) is 0 Å². The second-order valence-electron chi connectivity index (χ2n) is 4.91. The molecule has 12 heavy (non-hydrogen) atoms. The highest BCUT2D eigenvalue weighted by Gasteiger charge is 2.46. The third-order valence-electron chi connectivity index (χ3n) is 4.32. The minimum Gasteiger partial charge on any atom is -0.0990 e. The van der Waals surface area contributed by atoms with E-state index in [4.69, 9.17) is 0 Å². The van der Waals surface area contributed by atoms with Gasteiger partial charge in [-0.15, -0.1) is 0 Å². The average molecular weight is 160 g/mol. The molecule has 4 rings (SSSR count). The van der Waals surface area contributed by atoms with Gasteiger partial charge in [0.25, 0.3) is 0 Å². The van der Waals surface area contributed by atoms with Crippen molar-refractivity contribution in [2.24, 2.45) is 23.7 Å². The number of hydrogen-bond donors (Lipinski definition) is 0. The lowest BCUT2D eigenvalue weighted by molar-refractivity contribution is 0.123. The molecule has 0 aliphatic heterocycles. The standard InChI is InChI=1S/C12H16/c1-7-10-3-9-4-11(6-10)8(2)12(7)5-9/h9-12H,1-6H2. The summed E-state index contributed by atoms with van der Waals surface area (Å²) in [5.41, 5.74) is 3.04. The van der Waals surface area contributed by atoms with Crippen LogP contribution in [0.1, 0.15) is 25.7 Å². The van der Waals surface area contributed by atoms with Crippen molar-refractivity contribution in [1.82, 2.24) is 0 Å². The summed E-state index contributed by atoms with van der Waals surface area (Å²) < 4.78 is 0. The summed E-state index contributed by atoms with van der Waals surface area (Å²) in [4.78, 5) is 0. The fourth-order valence-electron chi connectivity index (χ4n) is 3.68. The van der Waals surface area contributed by atoms with E-state index in [9.17, 15) is 0 Å². The molecule has 0 aromatic heterocycles. The molecule has 4 fully saturated rings. The van der Waals surface area contributed by atoms with Gasteiger partial charge in [0, 0.05) is 5.92 Å². The first kappa shape index (κ1) is 6.94. The Morgan fingerprint density at radius 2 is 1.42 bits per heavy atom. The second-order valence-corrected chi connectivity index (χ2v) is 4.91. The Morgan fingerprint density at radius 3 is 2.00 bits per heavy atom. The highest BCUT2D eigenvalue weighted by molar-refractivity contribution is 5.30.